The van der Waals surface area contributed by atoms with Gasteiger partial charge in [0.2, 0.25) is 0 Å². The van der Waals surface area contributed by atoms with E-state index in [0.717, 1.165) is 31.7 Å². The van der Waals surface area contributed by atoms with Crippen molar-refractivity contribution in [3.05, 3.63) is 39.0 Å². The summed E-state index contributed by atoms with van der Waals surface area (Å²) in [5.41, 5.74) is 3.27. The molecule has 72 valence electrons. The highest BCUT2D eigenvalue weighted by Gasteiger charge is 2.07. The van der Waals surface area contributed by atoms with Crippen molar-refractivity contribution < 1.29 is 0 Å². The number of fused-ring (bicyclic) bond motifs is 1. The van der Waals surface area contributed by atoms with E-state index in [1.54, 1.807) is 0 Å². The number of aromatic nitrogens is 1. The molecule has 0 fully saturated rings. The van der Waals surface area contributed by atoms with Crippen LogP contribution in [0, 0.1) is 13.8 Å². The molecule has 1 heterocycles. The number of nitrogens with zero attached hydrogens (tertiary/aromatic N) is 1. The topological polar surface area (TPSA) is 12.9 Å². The molecule has 0 aliphatic carbocycles. The number of hydrogen-bond acceptors (Lipinski definition) is 1. The summed E-state index contributed by atoms with van der Waals surface area (Å²) in [6.45, 7) is 4.08. The largest absolute Gasteiger partial charge is 0.241 e. The van der Waals surface area contributed by atoms with Crippen LogP contribution >= 0.6 is 27.5 Å². The third kappa shape index (κ3) is 1.53. The fourth-order valence-corrected chi connectivity index (χ4v) is 2.40. The van der Waals surface area contributed by atoms with E-state index in [1.807, 2.05) is 32.0 Å². The molecule has 0 N–H and O–H groups in total. The predicted octanol–water partition coefficient (Wildman–Crippen LogP) is 4.27. The van der Waals surface area contributed by atoms with Crippen LogP contribution in [0.5, 0.6) is 0 Å². The molecule has 0 radical (unpaired) electrons. The van der Waals surface area contributed by atoms with Gasteiger partial charge in [-0.15, -0.1) is 0 Å². The summed E-state index contributed by atoms with van der Waals surface area (Å²) in [5.74, 6) is 0. The van der Waals surface area contributed by atoms with Crippen LogP contribution in [0.15, 0.2) is 22.8 Å². The van der Waals surface area contributed by atoms with E-state index in [9.17, 15) is 0 Å². The molecule has 2 aromatic rings. The van der Waals surface area contributed by atoms with Gasteiger partial charge in [0.15, 0.2) is 0 Å². The Bertz CT molecular complexity index is 508. The van der Waals surface area contributed by atoms with Crippen molar-refractivity contribution in [3.63, 3.8) is 0 Å². The van der Waals surface area contributed by atoms with Crippen molar-refractivity contribution in [3.8, 4) is 0 Å². The number of halogens is 2. The molecule has 3 heteroatoms. The van der Waals surface area contributed by atoms with Gasteiger partial charge >= 0.3 is 0 Å². The second kappa shape index (κ2) is 3.52. The molecule has 0 unspecified atom stereocenters. The third-order valence-electron chi connectivity index (χ3n) is 2.28. The average molecular weight is 271 g/mol. The quantitative estimate of drug-likeness (QED) is 0.652. The fraction of sp³-hybridized carbons (Fsp3) is 0.182. The molecule has 0 atom stereocenters. The van der Waals surface area contributed by atoms with Gasteiger partial charge in [0.1, 0.15) is 4.60 Å². The van der Waals surface area contributed by atoms with Crippen molar-refractivity contribution in [1.82, 2.24) is 4.98 Å². The van der Waals surface area contributed by atoms with Crippen LogP contribution in [0.3, 0.4) is 0 Å². The minimum Gasteiger partial charge on any atom is -0.241 e. The van der Waals surface area contributed by atoms with Crippen molar-refractivity contribution in [2.75, 3.05) is 0 Å². The zero-order chi connectivity index (χ0) is 10.3. The van der Waals surface area contributed by atoms with Gasteiger partial charge in [-0.3, -0.25) is 0 Å². The van der Waals surface area contributed by atoms with Gasteiger partial charge in [-0.05, 0) is 53.0 Å². The lowest BCUT2D eigenvalue weighted by Crippen LogP contribution is -1.88. The molecular formula is C11H9BrClN. The number of rotatable bonds is 0. The summed E-state index contributed by atoms with van der Waals surface area (Å²) >= 11 is 9.52. The zero-order valence-electron chi connectivity index (χ0n) is 7.94. The second-order valence-corrected chi connectivity index (χ2v) is 4.57. The Morgan fingerprint density at radius 3 is 2.64 bits per heavy atom. The molecule has 0 bridgehead atoms. The molecule has 14 heavy (non-hydrogen) atoms. The molecular weight excluding hydrogens is 261 g/mol. The van der Waals surface area contributed by atoms with Crippen molar-refractivity contribution in [2.24, 2.45) is 0 Å². The van der Waals surface area contributed by atoms with Gasteiger partial charge in [0.25, 0.3) is 0 Å². The van der Waals surface area contributed by atoms with Crippen LogP contribution in [0.1, 0.15) is 11.1 Å². The summed E-state index contributed by atoms with van der Waals surface area (Å²) in [6, 6.07) is 5.89. The average Bonchev–Trinajstić information content (AvgIpc) is 2.10. The molecule has 0 spiro atoms. The van der Waals surface area contributed by atoms with Crippen LogP contribution in [-0.4, -0.2) is 4.98 Å². The highest BCUT2D eigenvalue weighted by molar-refractivity contribution is 9.10. The molecule has 2 rings (SSSR count). The molecule has 0 saturated heterocycles. The van der Waals surface area contributed by atoms with Gasteiger partial charge in [-0.2, -0.15) is 0 Å². The normalized spacial score (nSPS) is 10.9. The molecule has 0 amide bonds. The van der Waals surface area contributed by atoms with Crippen LogP contribution in [-0.2, 0) is 0 Å². The molecule has 1 aromatic carbocycles. The number of hydrogen-bond donors (Lipinski definition) is 0. The van der Waals surface area contributed by atoms with E-state index in [2.05, 4.69) is 20.9 Å². The van der Waals surface area contributed by atoms with Crippen LogP contribution in [0.4, 0.5) is 0 Å². The molecule has 0 aliphatic rings. The first-order chi connectivity index (χ1) is 6.59. The lowest BCUT2D eigenvalue weighted by molar-refractivity contribution is 1.29. The smallest absolute Gasteiger partial charge is 0.107 e. The Morgan fingerprint density at radius 1 is 1.21 bits per heavy atom. The first-order valence-corrected chi connectivity index (χ1v) is 5.48. The summed E-state index contributed by atoms with van der Waals surface area (Å²) in [7, 11) is 0. The Balaban J connectivity index is 3.00. The van der Waals surface area contributed by atoms with Crippen LogP contribution < -0.4 is 0 Å². The minimum absolute atomic E-state index is 0.767. The third-order valence-corrected chi connectivity index (χ3v) is 3.00. The number of benzene rings is 1. The second-order valence-electron chi connectivity index (χ2n) is 3.35. The Morgan fingerprint density at radius 2 is 1.93 bits per heavy atom. The lowest BCUT2D eigenvalue weighted by atomic mass is 10.1. The van der Waals surface area contributed by atoms with E-state index >= 15 is 0 Å². The molecule has 1 aromatic heterocycles. The number of aryl methyl sites for hydroxylation is 2. The fourth-order valence-electron chi connectivity index (χ4n) is 1.58. The zero-order valence-corrected chi connectivity index (χ0v) is 10.3. The first kappa shape index (κ1) is 9.94. The van der Waals surface area contributed by atoms with Crippen LogP contribution in [0.2, 0.25) is 5.02 Å². The molecule has 1 nitrogen and oxygen atoms in total. The van der Waals surface area contributed by atoms with E-state index < -0.39 is 0 Å². The maximum absolute atomic E-state index is 6.13. The van der Waals surface area contributed by atoms with Crippen molar-refractivity contribution in [2.45, 2.75) is 13.8 Å². The lowest BCUT2D eigenvalue weighted by Gasteiger charge is -2.07. The van der Waals surface area contributed by atoms with Crippen molar-refractivity contribution in [1.29, 1.82) is 0 Å². The summed E-state index contributed by atoms with van der Waals surface area (Å²) in [6.07, 6.45) is 0. The standard InChI is InChI=1S/C11H9BrClN/c1-6-3-4-8(13)10-7(2)5-9(12)14-11(6)10/h3-5H,1-2H3. The first-order valence-electron chi connectivity index (χ1n) is 4.31. The highest BCUT2D eigenvalue weighted by atomic mass is 79.9. The van der Waals surface area contributed by atoms with Gasteiger partial charge < -0.3 is 0 Å². The van der Waals surface area contributed by atoms with E-state index in [4.69, 9.17) is 11.6 Å². The van der Waals surface area contributed by atoms with Gasteiger partial charge in [0.05, 0.1) is 10.5 Å². The summed E-state index contributed by atoms with van der Waals surface area (Å²) in [4.78, 5) is 4.43. The van der Waals surface area contributed by atoms with Crippen molar-refractivity contribution >= 4 is 38.4 Å². The maximum Gasteiger partial charge on any atom is 0.107 e. The van der Waals surface area contributed by atoms with Gasteiger partial charge in [-0.1, -0.05) is 17.7 Å². The van der Waals surface area contributed by atoms with E-state index in [0.29, 0.717) is 0 Å². The summed E-state index contributed by atoms with van der Waals surface area (Å²) < 4.78 is 0.855. The SMILES string of the molecule is Cc1ccc(Cl)c2c(C)cc(Br)nc12. The van der Waals surface area contributed by atoms with E-state index in [1.165, 1.54) is 0 Å². The Hall–Kier alpha value is -0.600. The molecule has 0 saturated carbocycles. The molecule has 0 aliphatic heterocycles. The van der Waals surface area contributed by atoms with E-state index in [-0.39, 0.29) is 0 Å². The Labute approximate surface area is 96.2 Å². The highest BCUT2D eigenvalue weighted by Crippen LogP contribution is 2.29. The maximum atomic E-state index is 6.13. The minimum atomic E-state index is 0.767. The summed E-state index contributed by atoms with van der Waals surface area (Å²) in [5, 5.41) is 1.82. The Kier molecular flexibility index (Phi) is 2.50. The monoisotopic (exact) mass is 269 g/mol. The van der Waals surface area contributed by atoms with Gasteiger partial charge in [-0.25, -0.2) is 4.98 Å². The van der Waals surface area contributed by atoms with Crippen LogP contribution in [0.25, 0.3) is 10.9 Å². The predicted molar refractivity (Wildman–Crippen MR) is 63.9 cm³/mol. The van der Waals surface area contributed by atoms with Gasteiger partial charge in [0, 0.05) is 5.39 Å². The number of pyridine rings is 1.